The summed E-state index contributed by atoms with van der Waals surface area (Å²) in [5.74, 6) is 3.43. The molecule has 1 saturated carbocycles. The molecule has 132 valence electrons. The van der Waals surface area contributed by atoms with Crippen molar-refractivity contribution >= 4 is 5.82 Å². The number of likely N-dealkylation sites (tertiary alicyclic amines) is 1. The van der Waals surface area contributed by atoms with Gasteiger partial charge in [0, 0.05) is 44.3 Å². The molecule has 4 heterocycles. The van der Waals surface area contributed by atoms with Gasteiger partial charge >= 0.3 is 0 Å². The maximum absolute atomic E-state index is 4.51. The number of nitrogens with zero attached hydrogens (tertiary/aromatic N) is 7. The van der Waals surface area contributed by atoms with E-state index < -0.39 is 0 Å². The summed E-state index contributed by atoms with van der Waals surface area (Å²) >= 11 is 0. The van der Waals surface area contributed by atoms with E-state index in [0.29, 0.717) is 12.1 Å². The van der Waals surface area contributed by atoms with E-state index in [-0.39, 0.29) is 0 Å². The van der Waals surface area contributed by atoms with Crippen LogP contribution in [-0.4, -0.2) is 54.8 Å². The first kappa shape index (κ1) is 15.3. The Morgan fingerprint density at radius 3 is 2.64 bits per heavy atom. The molecular formula is C18H25N7. The van der Waals surface area contributed by atoms with Gasteiger partial charge in [-0.3, -0.25) is 4.90 Å². The fraction of sp³-hybridized carbons (Fsp3) is 0.667. The van der Waals surface area contributed by atoms with Gasteiger partial charge in [0.25, 0.3) is 0 Å². The fourth-order valence-corrected chi connectivity index (χ4v) is 4.34. The van der Waals surface area contributed by atoms with Crippen molar-refractivity contribution in [2.45, 2.75) is 63.7 Å². The molecule has 3 aliphatic rings. The van der Waals surface area contributed by atoms with E-state index >= 15 is 0 Å². The van der Waals surface area contributed by atoms with Crippen LogP contribution in [0.4, 0.5) is 5.82 Å². The molecule has 0 atom stereocenters. The van der Waals surface area contributed by atoms with E-state index in [9.17, 15) is 0 Å². The third kappa shape index (κ3) is 3.01. The Morgan fingerprint density at radius 1 is 1.04 bits per heavy atom. The summed E-state index contributed by atoms with van der Waals surface area (Å²) in [5.41, 5.74) is 0. The van der Waals surface area contributed by atoms with E-state index in [4.69, 9.17) is 0 Å². The molecule has 0 N–H and O–H groups in total. The van der Waals surface area contributed by atoms with E-state index in [1.54, 1.807) is 6.33 Å². The van der Waals surface area contributed by atoms with Crippen molar-refractivity contribution in [2.75, 3.05) is 18.0 Å². The highest BCUT2D eigenvalue weighted by molar-refractivity contribution is 5.41. The standard InChI is InChI=1S/C18H25N7/c1-2-17-21-22-18(24(17)9-1)12-23-10-6-15(7-11-23)25(14-3-4-14)16-5-8-19-13-20-16/h5,8,13-15H,1-4,6-7,9-12H2. The lowest BCUT2D eigenvalue weighted by molar-refractivity contribution is 0.194. The topological polar surface area (TPSA) is 63.0 Å². The third-order valence-electron chi connectivity index (χ3n) is 5.77. The van der Waals surface area contributed by atoms with Crippen molar-refractivity contribution in [1.82, 2.24) is 29.6 Å². The van der Waals surface area contributed by atoms with E-state index in [1.165, 1.54) is 37.9 Å². The summed E-state index contributed by atoms with van der Waals surface area (Å²) in [6.07, 6.45) is 10.8. The monoisotopic (exact) mass is 339 g/mol. The lowest BCUT2D eigenvalue weighted by Crippen LogP contribution is -2.46. The third-order valence-corrected chi connectivity index (χ3v) is 5.77. The van der Waals surface area contributed by atoms with Crippen LogP contribution in [0.5, 0.6) is 0 Å². The zero-order chi connectivity index (χ0) is 16.6. The van der Waals surface area contributed by atoms with Gasteiger partial charge in [-0.05, 0) is 38.2 Å². The number of aromatic nitrogens is 5. The summed E-state index contributed by atoms with van der Waals surface area (Å²) in [7, 11) is 0. The minimum atomic E-state index is 0.600. The van der Waals surface area contributed by atoms with Crippen LogP contribution in [0.25, 0.3) is 0 Å². The molecule has 0 unspecified atom stereocenters. The van der Waals surface area contributed by atoms with Crippen molar-refractivity contribution in [3.63, 3.8) is 0 Å². The first-order valence-corrected chi connectivity index (χ1v) is 9.56. The van der Waals surface area contributed by atoms with Crippen molar-refractivity contribution in [2.24, 2.45) is 0 Å². The summed E-state index contributed by atoms with van der Waals surface area (Å²) in [5, 5.41) is 8.76. The first-order valence-electron chi connectivity index (χ1n) is 9.56. The smallest absolute Gasteiger partial charge is 0.147 e. The van der Waals surface area contributed by atoms with E-state index in [2.05, 4.69) is 40.6 Å². The second kappa shape index (κ2) is 6.37. The molecule has 5 rings (SSSR count). The SMILES string of the molecule is c1cc(N(C2CC2)C2CCN(Cc3nnc4n3CCC4)CC2)ncn1. The average molecular weight is 339 g/mol. The van der Waals surface area contributed by atoms with E-state index in [1.807, 2.05) is 6.20 Å². The van der Waals surface area contributed by atoms with Gasteiger partial charge < -0.3 is 9.47 Å². The maximum Gasteiger partial charge on any atom is 0.147 e. The minimum Gasteiger partial charge on any atom is -0.350 e. The van der Waals surface area contributed by atoms with Gasteiger partial charge in [0.15, 0.2) is 0 Å². The Balaban J connectivity index is 1.23. The molecular weight excluding hydrogens is 314 g/mol. The van der Waals surface area contributed by atoms with Gasteiger partial charge in [0.1, 0.15) is 23.8 Å². The minimum absolute atomic E-state index is 0.600. The van der Waals surface area contributed by atoms with Crippen LogP contribution in [0.1, 0.15) is 43.8 Å². The molecule has 2 aromatic rings. The Morgan fingerprint density at radius 2 is 1.88 bits per heavy atom. The molecule has 7 heteroatoms. The number of anilines is 1. The number of piperidine rings is 1. The molecule has 1 aliphatic carbocycles. The van der Waals surface area contributed by atoms with Crippen LogP contribution in [0.3, 0.4) is 0 Å². The lowest BCUT2D eigenvalue weighted by atomic mass is 10.0. The van der Waals surface area contributed by atoms with Crippen LogP contribution >= 0.6 is 0 Å². The Kier molecular flexibility index (Phi) is 3.88. The van der Waals surface area contributed by atoms with Crippen LogP contribution < -0.4 is 4.90 Å². The van der Waals surface area contributed by atoms with E-state index in [0.717, 1.165) is 44.2 Å². The number of rotatable bonds is 5. The molecule has 2 aromatic heterocycles. The van der Waals surface area contributed by atoms with Crippen LogP contribution in [0, 0.1) is 0 Å². The van der Waals surface area contributed by atoms with Crippen molar-refractivity contribution in [3.05, 3.63) is 30.2 Å². The molecule has 1 saturated heterocycles. The number of fused-ring (bicyclic) bond motifs is 1. The Hall–Kier alpha value is -2.02. The average Bonchev–Trinajstić information content (AvgIpc) is 3.24. The van der Waals surface area contributed by atoms with Gasteiger partial charge in [-0.1, -0.05) is 0 Å². The van der Waals surface area contributed by atoms with Gasteiger partial charge in [-0.25, -0.2) is 9.97 Å². The lowest BCUT2D eigenvalue weighted by Gasteiger charge is -2.39. The van der Waals surface area contributed by atoms with Gasteiger partial charge in [-0.15, -0.1) is 10.2 Å². The molecule has 0 spiro atoms. The second-order valence-electron chi connectivity index (χ2n) is 7.50. The largest absolute Gasteiger partial charge is 0.350 e. The predicted octanol–water partition coefficient (Wildman–Crippen LogP) is 1.65. The molecule has 0 radical (unpaired) electrons. The quantitative estimate of drug-likeness (QED) is 0.825. The van der Waals surface area contributed by atoms with Crippen LogP contribution in [0.2, 0.25) is 0 Å². The number of hydrogen-bond donors (Lipinski definition) is 0. The molecule has 7 nitrogen and oxygen atoms in total. The van der Waals surface area contributed by atoms with Crippen molar-refractivity contribution in [3.8, 4) is 0 Å². The summed E-state index contributed by atoms with van der Waals surface area (Å²) < 4.78 is 2.32. The zero-order valence-corrected chi connectivity index (χ0v) is 14.6. The number of hydrogen-bond acceptors (Lipinski definition) is 6. The Labute approximate surface area is 148 Å². The molecule has 2 fully saturated rings. The van der Waals surface area contributed by atoms with Crippen LogP contribution in [-0.2, 0) is 19.5 Å². The van der Waals surface area contributed by atoms with Gasteiger partial charge in [0.2, 0.25) is 0 Å². The highest BCUT2D eigenvalue weighted by atomic mass is 15.3. The summed E-state index contributed by atoms with van der Waals surface area (Å²) in [6, 6.07) is 3.35. The second-order valence-corrected chi connectivity index (χ2v) is 7.50. The van der Waals surface area contributed by atoms with Crippen molar-refractivity contribution < 1.29 is 0 Å². The molecule has 0 aromatic carbocycles. The molecule has 0 bridgehead atoms. The summed E-state index contributed by atoms with van der Waals surface area (Å²) in [4.78, 5) is 13.7. The zero-order valence-electron chi connectivity index (χ0n) is 14.6. The van der Waals surface area contributed by atoms with Gasteiger partial charge in [-0.2, -0.15) is 0 Å². The maximum atomic E-state index is 4.51. The fourth-order valence-electron chi connectivity index (χ4n) is 4.34. The Bertz CT molecular complexity index is 716. The summed E-state index contributed by atoms with van der Waals surface area (Å²) in [6.45, 7) is 4.29. The first-order chi connectivity index (χ1) is 12.4. The molecule has 0 amide bonds. The molecule has 25 heavy (non-hydrogen) atoms. The van der Waals surface area contributed by atoms with Crippen molar-refractivity contribution in [1.29, 1.82) is 0 Å². The normalized spacial score (nSPS) is 21.4. The highest BCUT2D eigenvalue weighted by Crippen LogP contribution is 2.35. The predicted molar refractivity (Wildman–Crippen MR) is 94.2 cm³/mol. The van der Waals surface area contributed by atoms with Crippen LogP contribution in [0.15, 0.2) is 18.6 Å². The number of aryl methyl sites for hydroxylation is 1. The molecule has 2 aliphatic heterocycles. The van der Waals surface area contributed by atoms with Gasteiger partial charge in [0.05, 0.1) is 6.54 Å². The highest BCUT2D eigenvalue weighted by Gasteiger charge is 2.36.